The predicted molar refractivity (Wildman–Crippen MR) is 66.9 cm³/mol. The molecule has 4 unspecified atom stereocenters. The van der Waals surface area contributed by atoms with Crippen molar-refractivity contribution in [1.29, 1.82) is 0 Å². The van der Waals surface area contributed by atoms with Gasteiger partial charge in [-0.3, -0.25) is 0 Å². The summed E-state index contributed by atoms with van der Waals surface area (Å²) < 4.78 is 5.11. The molecule has 0 heterocycles. The van der Waals surface area contributed by atoms with E-state index < -0.39 is 36.0 Å². The fourth-order valence-electron chi connectivity index (χ4n) is 1.65. The molecule has 0 aromatic carbocycles. The zero-order valence-corrected chi connectivity index (χ0v) is 11.8. The molecule has 0 aliphatic heterocycles. The number of hydrogen-bond acceptors (Lipinski definition) is 7. The van der Waals surface area contributed by atoms with Gasteiger partial charge in [0.1, 0.15) is 24.4 Å². The van der Waals surface area contributed by atoms with Crippen molar-refractivity contribution >= 4 is 0 Å². The van der Waals surface area contributed by atoms with Crippen LogP contribution in [0.2, 0.25) is 0 Å². The van der Waals surface area contributed by atoms with Gasteiger partial charge in [0.2, 0.25) is 11.6 Å². The van der Waals surface area contributed by atoms with Crippen molar-refractivity contribution in [3.63, 3.8) is 0 Å². The third kappa shape index (κ3) is 4.35. The van der Waals surface area contributed by atoms with E-state index in [0.717, 1.165) is 0 Å². The molecular formula is C12H26O7. The van der Waals surface area contributed by atoms with Crippen LogP contribution in [0.1, 0.15) is 40.5 Å². The van der Waals surface area contributed by atoms with Gasteiger partial charge in [0.05, 0.1) is 0 Å². The second-order valence-corrected chi connectivity index (χ2v) is 4.83. The SMILES string of the molecule is CCC(O)C(O)(O)C(C)OC(C)C(O)(O)C(O)CC. The summed E-state index contributed by atoms with van der Waals surface area (Å²) in [7, 11) is 0. The topological polar surface area (TPSA) is 131 Å². The van der Waals surface area contributed by atoms with Crippen molar-refractivity contribution in [2.45, 2.75) is 76.5 Å². The Bertz CT molecular complexity index is 241. The third-order valence-electron chi connectivity index (χ3n) is 3.36. The van der Waals surface area contributed by atoms with Crippen LogP contribution in [0, 0.1) is 0 Å². The van der Waals surface area contributed by atoms with Gasteiger partial charge in [-0.1, -0.05) is 13.8 Å². The number of aliphatic hydroxyl groups is 6. The second-order valence-electron chi connectivity index (χ2n) is 4.83. The molecule has 0 aromatic rings. The van der Waals surface area contributed by atoms with E-state index in [1.807, 2.05) is 0 Å². The van der Waals surface area contributed by atoms with E-state index in [9.17, 15) is 30.6 Å². The van der Waals surface area contributed by atoms with Crippen LogP contribution in [0.15, 0.2) is 0 Å². The third-order valence-corrected chi connectivity index (χ3v) is 3.36. The number of ether oxygens (including phenoxy) is 1. The van der Waals surface area contributed by atoms with Crippen molar-refractivity contribution in [3.05, 3.63) is 0 Å². The molecule has 6 N–H and O–H groups in total. The largest absolute Gasteiger partial charge is 0.387 e. The van der Waals surface area contributed by atoms with E-state index in [0.29, 0.717) is 0 Å². The Hall–Kier alpha value is -0.280. The first-order chi connectivity index (χ1) is 8.51. The minimum absolute atomic E-state index is 0.0933. The quantitative estimate of drug-likeness (QED) is 0.304. The van der Waals surface area contributed by atoms with Crippen LogP contribution < -0.4 is 0 Å². The molecule has 0 saturated carbocycles. The molecule has 7 nitrogen and oxygen atoms in total. The summed E-state index contributed by atoms with van der Waals surface area (Å²) in [6, 6.07) is 0. The van der Waals surface area contributed by atoms with E-state index in [1.165, 1.54) is 13.8 Å². The van der Waals surface area contributed by atoms with Gasteiger partial charge in [-0.25, -0.2) is 0 Å². The summed E-state index contributed by atoms with van der Waals surface area (Å²) in [5.41, 5.74) is 0. The molecule has 19 heavy (non-hydrogen) atoms. The van der Waals surface area contributed by atoms with Gasteiger partial charge < -0.3 is 35.4 Å². The summed E-state index contributed by atoms with van der Waals surface area (Å²) in [5.74, 6) is -5.04. The first-order valence-corrected chi connectivity index (χ1v) is 6.42. The van der Waals surface area contributed by atoms with Gasteiger partial charge in [-0.05, 0) is 26.7 Å². The van der Waals surface area contributed by atoms with Gasteiger partial charge in [0.25, 0.3) is 0 Å². The Kier molecular flexibility index (Phi) is 6.84. The van der Waals surface area contributed by atoms with Crippen molar-refractivity contribution < 1.29 is 35.4 Å². The molecule has 0 aliphatic rings. The Morgan fingerprint density at radius 1 is 0.789 bits per heavy atom. The Balaban J connectivity index is 4.77. The molecule has 0 amide bonds. The summed E-state index contributed by atoms with van der Waals surface area (Å²) in [5, 5.41) is 57.8. The first kappa shape index (κ1) is 18.7. The highest BCUT2D eigenvalue weighted by atomic mass is 16.6. The van der Waals surface area contributed by atoms with Crippen molar-refractivity contribution in [2.75, 3.05) is 0 Å². The van der Waals surface area contributed by atoms with Crippen LogP contribution in [-0.4, -0.2) is 66.6 Å². The summed E-state index contributed by atoms with van der Waals surface area (Å²) in [6.45, 7) is 5.68. The smallest absolute Gasteiger partial charge is 0.216 e. The minimum atomic E-state index is -2.52. The maximum atomic E-state index is 9.72. The molecule has 7 heteroatoms. The van der Waals surface area contributed by atoms with Crippen LogP contribution in [-0.2, 0) is 4.74 Å². The molecule has 0 rings (SSSR count). The molecule has 0 spiro atoms. The normalized spacial score (nSPS) is 19.9. The number of rotatable bonds is 8. The lowest BCUT2D eigenvalue weighted by Crippen LogP contribution is -2.57. The number of hydrogen-bond donors (Lipinski definition) is 6. The van der Waals surface area contributed by atoms with Crippen LogP contribution in [0.25, 0.3) is 0 Å². The molecule has 0 radical (unpaired) electrons. The van der Waals surface area contributed by atoms with E-state index in [2.05, 4.69) is 0 Å². The van der Waals surface area contributed by atoms with Crippen molar-refractivity contribution in [3.8, 4) is 0 Å². The molecule has 0 bridgehead atoms. The van der Waals surface area contributed by atoms with E-state index in [4.69, 9.17) is 4.74 Å². The average molecular weight is 282 g/mol. The van der Waals surface area contributed by atoms with E-state index >= 15 is 0 Å². The monoisotopic (exact) mass is 282 g/mol. The lowest BCUT2D eigenvalue weighted by Gasteiger charge is -2.38. The second kappa shape index (κ2) is 6.94. The van der Waals surface area contributed by atoms with Crippen molar-refractivity contribution in [1.82, 2.24) is 0 Å². The maximum absolute atomic E-state index is 9.72. The minimum Gasteiger partial charge on any atom is -0.387 e. The van der Waals surface area contributed by atoms with Crippen LogP contribution in [0.4, 0.5) is 0 Å². The predicted octanol–water partition coefficient (Wildman–Crippen LogP) is -1.32. The zero-order chi connectivity index (χ0) is 15.4. The Morgan fingerprint density at radius 3 is 1.26 bits per heavy atom. The van der Waals surface area contributed by atoms with Crippen molar-refractivity contribution in [2.24, 2.45) is 0 Å². The zero-order valence-electron chi connectivity index (χ0n) is 11.8. The molecule has 0 aromatic heterocycles. The van der Waals surface area contributed by atoms with E-state index in [1.54, 1.807) is 13.8 Å². The summed E-state index contributed by atoms with van der Waals surface area (Å²) in [6.07, 6.45) is -5.23. The van der Waals surface area contributed by atoms with Crippen LogP contribution in [0.5, 0.6) is 0 Å². The van der Waals surface area contributed by atoms with Gasteiger partial charge in [0, 0.05) is 0 Å². The molecule has 116 valence electrons. The highest BCUT2D eigenvalue weighted by Gasteiger charge is 2.45. The molecule has 0 saturated heterocycles. The Labute approximate surface area is 113 Å². The molecule has 4 atom stereocenters. The average Bonchev–Trinajstić information content (AvgIpc) is 2.35. The van der Waals surface area contributed by atoms with Crippen LogP contribution >= 0.6 is 0 Å². The molecule has 0 aliphatic carbocycles. The van der Waals surface area contributed by atoms with Crippen LogP contribution in [0.3, 0.4) is 0 Å². The number of aliphatic hydroxyl groups excluding tert-OH is 2. The van der Waals surface area contributed by atoms with Gasteiger partial charge in [0.15, 0.2) is 0 Å². The van der Waals surface area contributed by atoms with E-state index in [-0.39, 0.29) is 12.8 Å². The standard InChI is InChI=1S/C12H26O7/c1-5-9(13)11(15,16)7(3)19-8(4)12(17,18)10(14)6-2/h7-10,13-18H,5-6H2,1-4H3. The fraction of sp³-hybridized carbons (Fsp3) is 1.00. The summed E-state index contributed by atoms with van der Waals surface area (Å²) >= 11 is 0. The maximum Gasteiger partial charge on any atom is 0.216 e. The first-order valence-electron chi connectivity index (χ1n) is 6.42. The van der Waals surface area contributed by atoms with Gasteiger partial charge in [-0.15, -0.1) is 0 Å². The Morgan fingerprint density at radius 2 is 1.05 bits per heavy atom. The lowest BCUT2D eigenvalue weighted by atomic mass is 10.00. The lowest BCUT2D eigenvalue weighted by molar-refractivity contribution is -0.329. The van der Waals surface area contributed by atoms with Gasteiger partial charge in [-0.2, -0.15) is 0 Å². The molecular weight excluding hydrogens is 256 g/mol. The highest BCUT2D eigenvalue weighted by Crippen LogP contribution is 2.24. The highest BCUT2D eigenvalue weighted by molar-refractivity contribution is 4.85. The van der Waals surface area contributed by atoms with Gasteiger partial charge >= 0.3 is 0 Å². The molecule has 0 fully saturated rings. The fourth-order valence-corrected chi connectivity index (χ4v) is 1.65. The summed E-state index contributed by atoms with van der Waals surface area (Å²) in [4.78, 5) is 0.